The van der Waals surface area contributed by atoms with Crippen LogP contribution in [0.5, 0.6) is 0 Å². The fraction of sp³-hybridized carbons (Fsp3) is 0.294. The lowest BCUT2D eigenvalue weighted by molar-refractivity contribution is 0.623. The largest absolute Gasteiger partial charge is 0.207 e. The Morgan fingerprint density at radius 1 is 0.900 bits per heavy atom. The lowest BCUT2D eigenvalue weighted by Gasteiger charge is -1.99. The van der Waals surface area contributed by atoms with Crippen molar-refractivity contribution in [1.29, 1.82) is 0 Å². The molecule has 0 bridgehead atoms. The lowest BCUT2D eigenvalue weighted by atomic mass is 10.1. The Balaban J connectivity index is 0.000000217. The first-order valence-electron chi connectivity index (χ1n) is 6.77. The molecule has 0 aliphatic carbocycles. The molecule has 0 saturated carbocycles. The van der Waals surface area contributed by atoms with E-state index in [4.69, 9.17) is 0 Å². The van der Waals surface area contributed by atoms with E-state index in [0.29, 0.717) is 0 Å². The van der Waals surface area contributed by atoms with Crippen molar-refractivity contribution in [2.45, 2.75) is 32.6 Å². The van der Waals surface area contributed by atoms with E-state index in [1.807, 2.05) is 6.07 Å². The first kappa shape index (κ1) is 16.8. The number of hydrogen-bond acceptors (Lipinski definition) is 0. The molecule has 0 heterocycles. The van der Waals surface area contributed by atoms with Crippen LogP contribution in [-0.2, 0) is 6.42 Å². The van der Waals surface area contributed by atoms with Crippen LogP contribution in [0.4, 0.5) is 8.78 Å². The van der Waals surface area contributed by atoms with Crippen LogP contribution in [0.1, 0.15) is 31.7 Å². The van der Waals surface area contributed by atoms with E-state index in [1.54, 1.807) is 24.3 Å². The number of aryl methyl sites for hydroxylation is 1. The van der Waals surface area contributed by atoms with Gasteiger partial charge in [0.15, 0.2) is 0 Å². The predicted molar refractivity (Wildman–Crippen MR) is 83.7 cm³/mol. The van der Waals surface area contributed by atoms with Crippen LogP contribution >= 0.6 is 15.9 Å². The molecule has 3 heteroatoms. The first-order chi connectivity index (χ1) is 9.61. The molecule has 0 saturated heterocycles. The molecular formula is C17H19BrF2. The summed E-state index contributed by atoms with van der Waals surface area (Å²) in [5.74, 6) is -0.330. The Morgan fingerprint density at radius 2 is 1.55 bits per heavy atom. The number of benzene rings is 2. The van der Waals surface area contributed by atoms with Gasteiger partial charge in [-0.05, 0) is 48.7 Å². The molecule has 2 aromatic rings. The summed E-state index contributed by atoms with van der Waals surface area (Å²) in [5.41, 5.74) is 1.11. The van der Waals surface area contributed by atoms with Gasteiger partial charge >= 0.3 is 0 Å². The van der Waals surface area contributed by atoms with Crippen LogP contribution in [0.15, 0.2) is 53.0 Å². The standard InChI is InChI=1S/C11H15F.C6H4BrF/c1-2-3-4-6-10-7-5-8-11(12)9-10;7-5-2-1-3-6(8)4-5/h5,7-9H,2-4,6H2,1H3;1-4H. The van der Waals surface area contributed by atoms with Gasteiger partial charge in [0.05, 0.1) is 0 Å². The molecule has 0 fully saturated rings. The van der Waals surface area contributed by atoms with Crippen LogP contribution < -0.4 is 0 Å². The quantitative estimate of drug-likeness (QED) is 0.586. The average molecular weight is 341 g/mol. The van der Waals surface area contributed by atoms with Crippen LogP contribution in [0.2, 0.25) is 0 Å². The van der Waals surface area contributed by atoms with Crippen molar-refractivity contribution in [2.75, 3.05) is 0 Å². The Morgan fingerprint density at radius 3 is 2.05 bits per heavy atom. The molecule has 0 aromatic heterocycles. The highest BCUT2D eigenvalue weighted by molar-refractivity contribution is 9.10. The Labute approximate surface area is 128 Å². The molecule has 2 rings (SSSR count). The summed E-state index contributed by atoms with van der Waals surface area (Å²) < 4.78 is 25.6. The van der Waals surface area contributed by atoms with Gasteiger partial charge in [-0.15, -0.1) is 0 Å². The summed E-state index contributed by atoms with van der Waals surface area (Å²) in [6, 6.07) is 13.1. The summed E-state index contributed by atoms with van der Waals surface area (Å²) in [4.78, 5) is 0. The smallest absolute Gasteiger partial charge is 0.124 e. The molecule has 0 atom stereocenters. The normalized spacial score (nSPS) is 9.80. The van der Waals surface area contributed by atoms with Crippen molar-refractivity contribution < 1.29 is 8.78 Å². The van der Waals surface area contributed by atoms with Crippen LogP contribution in [0.3, 0.4) is 0 Å². The van der Waals surface area contributed by atoms with Crippen molar-refractivity contribution in [3.63, 3.8) is 0 Å². The molecule has 0 spiro atoms. The molecule has 2 aromatic carbocycles. The monoisotopic (exact) mass is 340 g/mol. The zero-order chi connectivity index (χ0) is 14.8. The van der Waals surface area contributed by atoms with E-state index in [9.17, 15) is 8.78 Å². The maximum absolute atomic E-state index is 12.7. The number of unbranched alkanes of at least 4 members (excludes halogenated alkanes) is 2. The van der Waals surface area contributed by atoms with Gasteiger partial charge in [0.2, 0.25) is 0 Å². The van der Waals surface area contributed by atoms with Crippen LogP contribution in [0, 0.1) is 11.6 Å². The van der Waals surface area contributed by atoms with Crippen molar-refractivity contribution in [1.82, 2.24) is 0 Å². The highest BCUT2D eigenvalue weighted by Crippen LogP contribution is 2.09. The van der Waals surface area contributed by atoms with Gasteiger partial charge in [-0.25, -0.2) is 8.78 Å². The van der Waals surface area contributed by atoms with E-state index in [-0.39, 0.29) is 11.6 Å². The third-order valence-electron chi connectivity index (χ3n) is 2.74. The topological polar surface area (TPSA) is 0 Å². The maximum atomic E-state index is 12.7. The molecule has 0 N–H and O–H groups in total. The van der Waals surface area contributed by atoms with Gasteiger partial charge in [-0.2, -0.15) is 0 Å². The Kier molecular flexibility index (Phi) is 8.12. The average Bonchev–Trinajstić information content (AvgIpc) is 2.39. The molecule has 0 amide bonds. The highest BCUT2D eigenvalue weighted by atomic mass is 79.9. The second kappa shape index (κ2) is 9.65. The van der Waals surface area contributed by atoms with Gasteiger partial charge in [-0.3, -0.25) is 0 Å². The van der Waals surface area contributed by atoms with E-state index < -0.39 is 0 Å². The molecule has 0 radical (unpaired) electrons. The van der Waals surface area contributed by atoms with Crippen molar-refractivity contribution >= 4 is 15.9 Å². The van der Waals surface area contributed by atoms with E-state index >= 15 is 0 Å². The van der Waals surface area contributed by atoms with Gasteiger partial charge in [0.25, 0.3) is 0 Å². The molecule has 0 aliphatic rings. The van der Waals surface area contributed by atoms with E-state index in [2.05, 4.69) is 22.9 Å². The SMILES string of the molecule is CCCCCc1cccc(F)c1.Fc1cccc(Br)c1. The molecule has 0 nitrogen and oxygen atoms in total. The molecule has 20 heavy (non-hydrogen) atoms. The minimum Gasteiger partial charge on any atom is -0.207 e. The summed E-state index contributed by atoms with van der Waals surface area (Å²) in [6.45, 7) is 2.17. The summed E-state index contributed by atoms with van der Waals surface area (Å²) in [5, 5.41) is 0. The fourth-order valence-corrected chi connectivity index (χ4v) is 2.10. The maximum Gasteiger partial charge on any atom is 0.124 e. The molecule has 0 aliphatic heterocycles. The van der Waals surface area contributed by atoms with Gasteiger partial charge in [-0.1, -0.05) is 53.9 Å². The Bertz CT molecular complexity index is 495. The Hall–Kier alpha value is -1.22. The predicted octanol–water partition coefficient (Wildman–Crippen LogP) is 6.15. The molecule has 0 unspecified atom stereocenters. The number of rotatable bonds is 4. The van der Waals surface area contributed by atoms with E-state index in [1.165, 1.54) is 37.5 Å². The first-order valence-corrected chi connectivity index (χ1v) is 7.56. The van der Waals surface area contributed by atoms with Gasteiger partial charge in [0, 0.05) is 4.47 Å². The fourth-order valence-electron chi connectivity index (χ4n) is 1.73. The third-order valence-corrected chi connectivity index (χ3v) is 3.24. The van der Waals surface area contributed by atoms with Crippen LogP contribution in [0.25, 0.3) is 0 Å². The van der Waals surface area contributed by atoms with Gasteiger partial charge < -0.3 is 0 Å². The third kappa shape index (κ3) is 7.39. The second-order valence-electron chi connectivity index (χ2n) is 4.53. The second-order valence-corrected chi connectivity index (χ2v) is 5.44. The minimum atomic E-state index is -0.209. The summed E-state index contributed by atoms with van der Waals surface area (Å²) in [6.07, 6.45) is 4.62. The molecule has 108 valence electrons. The van der Waals surface area contributed by atoms with E-state index in [0.717, 1.165) is 16.5 Å². The van der Waals surface area contributed by atoms with Gasteiger partial charge in [0.1, 0.15) is 11.6 Å². The van der Waals surface area contributed by atoms with Crippen molar-refractivity contribution in [2.24, 2.45) is 0 Å². The van der Waals surface area contributed by atoms with Crippen LogP contribution in [-0.4, -0.2) is 0 Å². The highest BCUT2D eigenvalue weighted by Gasteiger charge is 1.94. The summed E-state index contributed by atoms with van der Waals surface area (Å²) >= 11 is 3.12. The zero-order valence-corrected chi connectivity index (χ0v) is 13.2. The summed E-state index contributed by atoms with van der Waals surface area (Å²) in [7, 11) is 0. The zero-order valence-electron chi connectivity index (χ0n) is 11.6. The lowest BCUT2D eigenvalue weighted by Crippen LogP contribution is -1.85. The number of hydrogen-bond donors (Lipinski definition) is 0. The van der Waals surface area contributed by atoms with Crippen molar-refractivity contribution in [3.8, 4) is 0 Å². The number of halogens is 3. The molecular weight excluding hydrogens is 322 g/mol. The van der Waals surface area contributed by atoms with Crippen molar-refractivity contribution in [3.05, 3.63) is 70.2 Å². The minimum absolute atomic E-state index is 0.121.